The first-order chi connectivity index (χ1) is 7.70. The van der Waals surface area contributed by atoms with Crippen LogP contribution in [-0.2, 0) is 0 Å². The summed E-state index contributed by atoms with van der Waals surface area (Å²) < 4.78 is 0. The van der Waals surface area contributed by atoms with Crippen LogP contribution in [0.3, 0.4) is 0 Å². The highest BCUT2D eigenvalue weighted by atomic mass is 35.5. The second-order valence-corrected chi connectivity index (χ2v) is 5.26. The van der Waals surface area contributed by atoms with E-state index in [0.29, 0.717) is 16.0 Å². The number of halogens is 2. The highest BCUT2D eigenvalue weighted by Crippen LogP contribution is 2.36. The summed E-state index contributed by atoms with van der Waals surface area (Å²) in [5, 5.41) is 1.33. The maximum Gasteiger partial charge on any atom is 0.0489 e. The predicted molar refractivity (Wildman–Crippen MR) is 68.5 cm³/mol. The van der Waals surface area contributed by atoms with Crippen molar-refractivity contribution < 1.29 is 0 Å². The first-order valence-electron chi connectivity index (χ1n) is 5.63. The summed E-state index contributed by atoms with van der Waals surface area (Å²) in [6, 6.07) is 5.79. The molecule has 3 N–H and O–H groups in total. The number of rotatable bonds is 3. The molecule has 1 aliphatic carbocycles. The lowest BCUT2D eigenvalue weighted by atomic mass is 9.92. The van der Waals surface area contributed by atoms with Crippen LogP contribution in [0, 0.1) is 5.92 Å². The van der Waals surface area contributed by atoms with Gasteiger partial charge >= 0.3 is 0 Å². The van der Waals surface area contributed by atoms with Gasteiger partial charge in [0.05, 0.1) is 0 Å². The summed E-state index contributed by atoms with van der Waals surface area (Å²) in [6.07, 6.45) is 5.02. The van der Waals surface area contributed by atoms with E-state index < -0.39 is 0 Å². The Bertz CT molecular complexity index is 342. The topological polar surface area (TPSA) is 38.0 Å². The van der Waals surface area contributed by atoms with Gasteiger partial charge in [-0.25, -0.2) is 0 Å². The lowest BCUT2D eigenvalue weighted by Crippen LogP contribution is -2.32. The molecule has 2 nitrogen and oxygen atoms in total. The number of nitrogens with two attached hydrogens (primary N) is 1. The van der Waals surface area contributed by atoms with Gasteiger partial charge in [0.15, 0.2) is 0 Å². The fourth-order valence-electron chi connectivity index (χ4n) is 2.55. The zero-order valence-electron chi connectivity index (χ0n) is 9.05. The van der Waals surface area contributed by atoms with Gasteiger partial charge in [0, 0.05) is 16.1 Å². The third kappa shape index (κ3) is 2.69. The van der Waals surface area contributed by atoms with Crippen molar-refractivity contribution in [3.8, 4) is 0 Å². The van der Waals surface area contributed by atoms with Crippen LogP contribution in [0.2, 0.25) is 10.0 Å². The molecule has 1 aliphatic rings. The van der Waals surface area contributed by atoms with Crippen LogP contribution in [0.1, 0.15) is 37.3 Å². The minimum absolute atomic E-state index is 0.165. The Morgan fingerprint density at radius 1 is 1.12 bits per heavy atom. The van der Waals surface area contributed by atoms with Gasteiger partial charge in [0.25, 0.3) is 0 Å². The second-order valence-electron chi connectivity index (χ2n) is 4.39. The average molecular weight is 259 g/mol. The van der Waals surface area contributed by atoms with Crippen molar-refractivity contribution in [3.63, 3.8) is 0 Å². The molecule has 0 radical (unpaired) electrons. The smallest absolute Gasteiger partial charge is 0.0489 e. The number of hydrogen-bond acceptors (Lipinski definition) is 2. The van der Waals surface area contributed by atoms with E-state index in [-0.39, 0.29) is 6.04 Å². The van der Waals surface area contributed by atoms with Gasteiger partial charge in [-0.15, -0.1) is 0 Å². The van der Waals surface area contributed by atoms with Crippen molar-refractivity contribution >= 4 is 23.2 Å². The predicted octanol–water partition coefficient (Wildman–Crippen LogP) is 3.69. The Hall–Kier alpha value is -0.280. The molecule has 1 unspecified atom stereocenters. The third-order valence-electron chi connectivity index (χ3n) is 3.29. The highest BCUT2D eigenvalue weighted by molar-refractivity contribution is 6.34. The van der Waals surface area contributed by atoms with E-state index in [4.69, 9.17) is 29.0 Å². The molecule has 0 aliphatic heterocycles. The number of hydrogen-bond donors (Lipinski definition) is 2. The molecule has 1 aromatic rings. The van der Waals surface area contributed by atoms with Gasteiger partial charge in [-0.1, -0.05) is 36.0 Å². The standard InChI is InChI=1S/C12H16Cl2N2/c13-10-5-9(6-11(14)7-10)12(16-15)8-3-1-2-4-8/h5-8,12,16H,1-4,15H2. The van der Waals surface area contributed by atoms with Gasteiger partial charge in [0.2, 0.25) is 0 Å². The van der Waals surface area contributed by atoms with E-state index in [2.05, 4.69) is 5.43 Å². The Kier molecular flexibility index (Phi) is 4.09. The lowest BCUT2D eigenvalue weighted by Gasteiger charge is -2.23. The van der Waals surface area contributed by atoms with Gasteiger partial charge in [0.1, 0.15) is 0 Å². The van der Waals surface area contributed by atoms with Crippen molar-refractivity contribution in [1.29, 1.82) is 0 Å². The van der Waals surface area contributed by atoms with E-state index in [0.717, 1.165) is 5.56 Å². The first kappa shape index (κ1) is 12.2. The molecular formula is C12H16Cl2N2. The normalized spacial score (nSPS) is 18.9. The maximum absolute atomic E-state index is 6.00. The minimum Gasteiger partial charge on any atom is -0.271 e. The number of hydrazine groups is 1. The molecule has 0 heterocycles. The Morgan fingerprint density at radius 2 is 1.69 bits per heavy atom. The Labute approximate surface area is 106 Å². The zero-order valence-corrected chi connectivity index (χ0v) is 10.6. The van der Waals surface area contributed by atoms with Gasteiger partial charge in [-0.05, 0) is 42.5 Å². The summed E-state index contributed by atoms with van der Waals surface area (Å²) in [6.45, 7) is 0. The van der Waals surface area contributed by atoms with Crippen LogP contribution >= 0.6 is 23.2 Å². The summed E-state index contributed by atoms with van der Waals surface area (Å²) in [7, 11) is 0. The van der Waals surface area contributed by atoms with Crippen molar-refractivity contribution in [3.05, 3.63) is 33.8 Å². The van der Waals surface area contributed by atoms with E-state index in [1.54, 1.807) is 6.07 Å². The summed E-state index contributed by atoms with van der Waals surface area (Å²) in [4.78, 5) is 0. The SMILES string of the molecule is NNC(c1cc(Cl)cc(Cl)c1)C1CCCC1. The Morgan fingerprint density at radius 3 is 2.19 bits per heavy atom. The average Bonchev–Trinajstić information content (AvgIpc) is 2.70. The monoisotopic (exact) mass is 258 g/mol. The molecule has 1 fully saturated rings. The molecule has 1 aromatic carbocycles. The minimum atomic E-state index is 0.165. The summed E-state index contributed by atoms with van der Waals surface area (Å²) >= 11 is 12.0. The number of nitrogens with one attached hydrogen (secondary N) is 1. The van der Waals surface area contributed by atoms with Crippen LogP contribution in [0.25, 0.3) is 0 Å². The lowest BCUT2D eigenvalue weighted by molar-refractivity contribution is 0.373. The van der Waals surface area contributed by atoms with Gasteiger partial charge in [-0.2, -0.15) is 0 Å². The molecule has 2 rings (SSSR count). The van der Waals surface area contributed by atoms with Crippen LogP contribution in [0.4, 0.5) is 0 Å². The molecule has 16 heavy (non-hydrogen) atoms. The Balaban J connectivity index is 2.24. The molecule has 0 amide bonds. The summed E-state index contributed by atoms with van der Waals surface area (Å²) in [5.74, 6) is 6.25. The summed E-state index contributed by atoms with van der Waals surface area (Å²) in [5.41, 5.74) is 3.99. The van der Waals surface area contributed by atoms with E-state index in [1.165, 1.54) is 25.7 Å². The highest BCUT2D eigenvalue weighted by Gasteiger charge is 2.25. The third-order valence-corrected chi connectivity index (χ3v) is 3.73. The van der Waals surface area contributed by atoms with E-state index >= 15 is 0 Å². The van der Waals surface area contributed by atoms with E-state index in [1.807, 2.05) is 12.1 Å². The van der Waals surface area contributed by atoms with E-state index in [9.17, 15) is 0 Å². The van der Waals surface area contributed by atoms with Crippen LogP contribution < -0.4 is 11.3 Å². The molecule has 1 atom stereocenters. The van der Waals surface area contributed by atoms with Crippen molar-refractivity contribution in [2.75, 3.05) is 0 Å². The molecule has 0 bridgehead atoms. The van der Waals surface area contributed by atoms with Gasteiger partial charge < -0.3 is 0 Å². The quantitative estimate of drug-likeness (QED) is 0.641. The van der Waals surface area contributed by atoms with Crippen molar-refractivity contribution in [2.45, 2.75) is 31.7 Å². The zero-order chi connectivity index (χ0) is 11.5. The van der Waals surface area contributed by atoms with Gasteiger partial charge in [-0.3, -0.25) is 11.3 Å². The first-order valence-corrected chi connectivity index (χ1v) is 6.38. The molecular weight excluding hydrogens is 243 g/mol. The molecule has 0 saturated heterocycles. The molecule has 1 saturated carbocycles. The molecule has 0 spiro atoms. The number of benzene rings is 1. The molecule has 0 aromatic heterocycles. The second kappa shape index (κ2) is 5.37. The van der Waals surface area contributed by atoms with Crippen LogP contribution in [0.15, 0.2) is 18.2 Å². The molecule has 4 heteroatoms. The fraction of sp³-hybridized carbons (Fsp3) is 0.500. The largest absolute Gasteiger partial charge is 0.271 e. The fourth-order valence-corrected chi connectivity index (χ4v) is 3.09. The van der Waals surface area contributed by atoms with Crippen molar-refractivity contribution in [1.82, 2.24) is 5.43 Å². The van der Waals surface area contributed by atoms with Crippen LogP contribution in [0.5, 0.6) is 0 Å². The maximum atomic E-state index is 6.00. The van der Waals surface area contributed by atoms with Crippen molar-refractivity contribution in [2.24, 2.45) is 11.8 Å². The molecule has 88 valence electrons. The van der Waals surface area contributed by atoms with Crippen LogP contribution in [-0.4, -0.2) is 0 Å².